The highest BCUT2D eigenvalue weighted by molar-refractivity contribution is 9.09. The van der Waals surface area contributed by atoms with Gasteiger partial charge >= 0.3 is 5.69 Å². The van der Waals surface area contributed by atoms with E-state index >= 15 is 0 Å². The molecule has 1 aromatic carbocycles. The SMILES string of the molecule is CCC(c1ccc([N+](=O)[O-])c(OC(C)C)c1)C(C)Br. The van der Waals surface area contributed by atoms with E-state index in [1.54, 1.807) is 6.07 Å². The van der Waals surface area contributed by atoms with Crippen LogP contribution in [-0.4, -0.2) is 15.9 Å². The van der Waals surface area contributed by atoms with Crippen molar-refractivity contribution in [1.29, 1.82) is 0 Å². The van der Waals surface area contributed by atoms with Crippen molar-refractivity contribution in [1.82, 2.24) is 0 Å². The van der Waals surface area contributed by atoms with Crippen molar-refractivity contribution in [2.45, 2.75) is 51.0 Å². The van der Waals surface area contributed by atoms with Crippen molar-refractivity contribution in [2.24, 2.45) is 0 Å². The van der Waals surface area contributed by atoms with Gasteiger partial charge in [0.05, 0.1) is 11.0 Å². The van der Waals surface area contributed by atoms with Crippen LogP contribution in [0.1, 0.15) is 45.6 Å². The Morgan fingerprint density at radius 3 is 2.42 bits per heavy atom. The third-order valence-electron chi connectivity index (χ3n) is 2.97. The van der Waals surface area contributed by atoms with Crippen molar-refractivity contribution in [3.8, 4) is 5.75 Å². The van der Waals surface area contributed by atoms with Crippen LogP contribution in [0, 0.1) is 10.1 Å². The lowest BCUT2D eigenvalue weighted by molar-refractivity contribution is -0.386. The number of hydrogen-bond donors (Lipinski definition) is 0. The van der Waals surface area contributed by atoms with Gasteiger partial charge in [0, 0.05) is 10.9 Å². The molecule has 0 heterocycles. The van der Waals surface area contributed by atoms with Crippen molar-refractivity contribution in [2.75, 3.05) is 0 Å². The summed E-state index contributed by atoms with van der Waals surface area (Å²) in [6.45, 7) is 7.91. The summed E-state index contributed by atoms with van der Waals surface area (Å²) in [6.07, 6.45) is 0.876. The van der Waals surface area contributed by atoms with Gasteiger partial charge < -0.3 is 4.74 Å². The van der Waals surface area contributed by atoms with Gasteiger partial charge in [0.1, 0.15) is 0 Å². The molecule has 5 heteroatoms. The Labute approximate surface area is 122 Å². The molecule has 0 radical (unpaired) electrons. The Morgan fingerprint density at radius 1 is 1.37 bits per heavy atom. The summed E-state index contributed by atoms with van der Waals surface area (Å²) in [4.78, 5) is 10.9. The van der Waals surface area contributed by atoms with E-state index in [0.29, 0.717) is 16.5 Å². The molecular formula is C14H20BrNO3. The van der Waals surface area contributed by atoms with E-state index in [0.717, 1.165) is 12.0 Å². The summed E-state index contributed by atoms with van der Waals surface area (Å²) in [5.74, 6) is 0.666. The molecule has 4 nitrogen and oxygen atoms in total. The van der Waals surface area contributed by atoms with E-state index in [1.165, 1.54) is 6.07 Å². The monoisotopic (exact) mass is 329 g/mol. The van der Waals surface area contributed by atoms with E-state index in [-0.39, 0.29) is 11.8 Å². The fourth-order valence-electron chi connectivity index (χ4n) is 2.09. The number of nitro benzene ring substituents is 1. The highest BCUT2D eigenvalue weighted by atomic mass is 79.9. The maximum Gasteiger partial charge on any atom is 0.310 e. The summed E-state index contributed by atoms with van der Waals surface area (Å²) < 4.78 is 5.56. The van der Waals surface area contributed by atoms with E-state index in [2.05, 4.69) is 29.8 Å². The van der Waals surface area contributed by atoms with E-state index in [1.807, 2.05) is 19.9 Å². The molecule has 0 aliphatic rings. The van der Waals surface area contributed by atoms with Crippen LogP contribution in [-0.2, 0) is 0 Å². The number of benzene rings is 1. The zero-order valence-corrected chi connectivity index (χ0v) is 13.3. The van der Waals surface area contributed by atoms with Crippen LogP contribution >= 0.6 is 15.9 Å². The smallest absolute Gasteiger partial charge is 0.310 e. The van der Waals surface area contributed by atoms with Gasteiger partial charge in [-0.1, -0.05) is 35.8 Å². The predicted molar refractivity (Wildman–Crippen MR) is 80.3 cm³/mol. The first-order valence-corrected chi connectivity index (χ1v) is 7.37. The summed E-state index contributed by atoms with van der Waals surface area (Å²) in [7, 11) is 0. The minimum atomic E-state index is -0.403. The second-order valence-electron chi connectivity index (χ2n) is 4.84. The highest BCUT2D eigenvalue weighted by Crippen LogP contribution is 2.35. The lowest BCUT2D eigenvalue weighted by Crippen LogP contribution is -2.11. The summed E-state index contributed by atoms with van der Waals surface area (Å²) in [6, 6.07) is 5.15. The molecule has 0 saturated heterocycles. The zero-order valence-electron chi connectivity index (χ0n) is 11.7. The molecule has 0 aromatic heterocycles. The summed E-state index contributed by atoms with van der Waals surface area (Å²) in [5, 5.41) is 11.0. The summed E-state index contributed by atoms with van der Waals surface area (Å²) in [5.41, 5.74) is 1.09. The Kier molecular flexibility index (Phi) is 5.79. The predicted octanol–water partition coefficient (Wildman–Crippen LogP) is 4.66. The van der Waals surface area contributed by atoms with E-state index in [9.17, 15) is 10.1 Å². The van der Waals surface area contributed by atoms with Crippen molar-refractivity contribution in [3.05, 3.63) is 33.9 Å². The molecule has 0 aliphatic carbocycles. The molecule has 2 atom stereocenters. The van der Waals surface area contributed by atoms with Crippen molar-refractivity contribution < 1.29 is 9.66 Å². The molecule has 0 spiro atoms. The maximum absolute atomic E-state index is 11.0. The van der Waals surface area contributed by atoms with Gasteiger partial charge in [-0.3, -0.25) is 10.1 Å². The molecule has 1 aromatic rings. The molecular weight excluding hydrogens is 310 g/mol. The standard InChI is InChI=1S/C14H20BrNO3/c1-5-12(10(4)15)11-6-7-13(16(17)18)14(8-11)19-9(2)3/h6-10,12H,5H2,1-4H3. The Hall–Kier alpha value is -1.10. The first-order chi connectivity index (χ1) is 8.86. The van der Waals surface area contributed by atoms with Gasteiger partial charge in [-0.15, -0.1) is 0 Å². The van der Waals surface area contributed by atoms with Crippen molar-refractivity contribution >= 4 is 21.6 Å². The molecule has 0 fully saturated rings. The molecule has 0 amide bonds. The number of halogens is 1. The average Bonchev–Trinajstić information content (AvgIpc) is 2.28. The fraction of sp³-hybridized carbons (Fsp3) is 0.571. The number of ether oxygens (including phenoxy) is 1. The minimum absolute atomic E-state index is 0.0227. The maximum atomic E-state index is 11.0. The van der Waals surface area contributed by atoms with Crippen LogP contribution in [0.2, 0.25) is 0 Å². The molecule has 0 aliphatic heterocycles. The first kappa shape index (κ1) is 16.0. The lowest BCUT2D eigenvalue weighted by Gasteiger charge is -2.19. The van der Waals surface area contributed by atoms with Crippen LogP contribution in [0.5, 0.6) is 5.75 Å². The second kappa shape index (κ2) is 6.89. The topological polar surface area (TPSA) is 52.4 Å². The van der Waals surface area contributed by atoms with Gasteiger partial charge in [-0.25, -0.2) is 0 Å². The fourth-order valence-corrected chi connectivity index (χ4v) is 2.77. The van der Waals surface area contributed by atoms with Gasteiger partial charge in [0.15, 0.2) is 5.75 Å². The molecule has 0 saturated carbocycles. The lowest BCUT2D eigenvalue weighted by atomic mass is 9.93. The Morgan fingerprint density at radius 2 is 2.00 bits per heavy atom. The Bertz CT molecular complexity index is 446. The average molecular weight is 330 g/mol. The molecule has 19 heavy (non-hydrogen) atoms. The normalized spacial score (nSPS) is 14.2. The minimum Gasteiger partial charge on any atom is -0.484 e. The largest absolute Gasteiger partial charge is 0.484 e. The summed E-state index contributed by atoms with van der Waals surface area (Å²) >= 11 is 3.59. The van der Waals surface area contributed by atoms with E-state index in [4.69, 9.17) is 4.74 Å². The molecule has 0 N–H and O–H groups in total. The third-order valence-corrected chi connectivity index (χ3v) is 3.60. The van der Waals surface area contributed by atoms with Crippen molar-refractivity contribution in [3.63, 3.8) is 0 Å². The van der Waals surface area contributed by atoms with Gasteiger partial charge in [0.25, 0.3) is 0 Å². The molecule has 106 valence electrons. The van der Waals surface area contributed by atoms with Gasteiger partial charge in [0.2, 0.25) is 0 Å². The molecule has 1 rings (SSSR count). The number of nitro groups is 1. The van der Waals surface area contributed by atoms with Crippen LogP contribution in [0.4, 0.5) is 5.69 Å². The van der Waals surface area contributed by atoms with Crippen LogP contribution in [0.15, 0.2) is 18.2 Å². The number of nitrogens with zero attached hydrogens (tertiary/aromatic N) is 1. The van der Waals surface area contributed by atoms with Crippen LogP contribution in [0.25, 0.3) is 0 Å². The number of rotatable bonds is 6. The third kappa shape index (κ3) is 4.20. The quantitative estimate of drug-likeness (QED) is 0.433. The molecule has 0 bridgehead atoms. The van der Waals surface area contributed by atoms with Gasteiger partial charge in [-0.2, -0.15) is 0 Å². The van der Waals surface area contributed by atoms with Crippen LogP contribution in [0.3, 0.4) is 0 Å². The first-order valence-electron chi connectivity index (χ1n) is 6.45. The number of hydrogen-bond acceptors (Lipinski definition) is 3. The Balaban J connectivity index is 3.20. The van der Waals surface area contributed by atoms with Gasteiger partial charge in [-0.05, 0) is 37.8 Å². The van der Waals surface area contributed by atoms with E-state index < -0.39 is 4.92 Å². The number of alkyl halides is 1. The van der Waals surface area contributed by atoms with Crippen LogP contribution < -0.4 is 4.74 Å². The molecule has 2 unspecified atom stereocenters. The highest BCUT2D eigenvalue weighted by Gasteiger charge is 2.21. The zero-order chi connectivity index (χ0) is 14.6. The second-order valence-corrected chi connectivity index (χ2v) is 6.29.